The molecule has 0 aliphatic rings. The zero-order valence-corrected chi connectivity index (χ0v) is 14.9. The first-order valence-corrected chi connectivity index (χ1v) is 8.94. The zero-order valence-electron chi connectivity index (χ0n) is 11.7. The van der Waals surface area contributed by atoms with Crippen LogP contribution < -0.4 is 4.90 Å². The predicted octanol–water partition coefficient (Wildman–Crippen LogP) is 4.93. The molecule has 0 bridgehead atoms. The molecule has 1 unspecified atom stereocenters. The molecule has 0 aliphatic heterocycles. The van der Waals surface area contributed by atoms with Crippen LogP contribution in [0, 0.1) is 0 Å². The number of thiazole rings is 1. The lowest BCUT2D eigenvalue weighted by Gasteiger charge is -2.14. The molecule has 0 saturated heterocycles. The first-order chi connectivity index (χ1) is 9.55. The molecule has 2 heterocycles. The maximum absolute atomic E-state index is 11.2. The van der Waals surface area contributed by atoms with Crippen molar-refractivity contribution in [1.82, 2.24) is 4.98 Å². The Bertz CT molecular complexity index is 594. The summed E-state index contributed by atoms with van der Waals surface area (Å²) in [4.78, 5) is 18.7. The standard InChI is InChI=1S/C14H17BrN2OS2/c1-4-9(2)13-11(7-18)20-14(16-13)17(3)6-10-5-12(15)19-8-10/h5,7-9H,4,6H2,1-3H3. The van der Waals surface area contributed by atoms with Gasteiger partial charge in [0.15, 0.2) is 11.4 Å². The van der Waals surface area contributed by atoms with Crippen LogP contribution in [0.5, 0.6) is 0 Å². The molecule has 0 amide bonds. The van der Waals surface area contributed by atoms with E-state index in [0.29, 0.717) is 5.92 Å². The maximum atomic E-state index is 11.2. The van der Waals surface area contributed by atoms with Gasteiger partial charge in [0.25, 0.3) is 0 Å². The molecule has 0 fully saturated rings. The maximum Gasteiger partial charge on any atom is 0.186 e. The van der Waals surface area contributed by atoms with Gasteiger partial charge in [0.2, 0.25) is 0 Å². The minimum atomic E-state index is 0.323. The topological polar surface area (TPSA) is 33.2 Å². The van der Waals surface area contributed by atoms with Crippen molar-refractivity contribution in [3.63, 3.8) is 0 Å². The fraction of sp³-hybridized carbons (Fsp3) is 0.429. The largest absolute Gasteiger partial charge is 0.347 e. The van der Waals surface area contributed by atoms with Gasteiger partial charge >= 0.3 is 0 Å². The van der Waals surface area contributed by atoms with Crippen LogP contribution >= 0.6 is 38.6 Å². The van der Waals surface area contributed by atoms with E-state index >= 15 is 0 Å². The van der Waals surface area contributed by atoms with Crippen LogP contribution in [0.3, 0.4) is 0 Å². The van der Waals surface area contributed by atoms with E-state index in [4.69, 9.17) is 0 Å². The van der Waals surface area contributed by atoms with Gasteiger partial charge in [-0.1, -0.05) is 25.2 Å². The minimum Gasteiger partial charge on any atom is -0.347 e. The number of nitrogens with zero attached hydrogens (tertiary/aromatic N) is 2. The third-order valence-corrected chi connectivity index (χ3v) is 5.89. The number of hydrogen-bond acceptors (Lipinski definition) is 5. The number of anilines is 1. The molecule has 6 heteroatoms. The number of thiophene rings is 1. The molecule has 0 N–H and O–H groups in total. The third-order valence-electron chi connectivity index (χ3n) is 3.22. The van der Waals surface area contributed by atoms with E-state index in [9.17, 15) is 4.79 Å². The van der Waals surface area contributed by atoms with Gasteiger partial charge < -0.3 is 4.90 Å². The highest BCUT2D eigenvalue weighted by molar-refractivity contribution is 9.11. The second-order valence-corrected chi connectivity index (χ2v) is 8.09. The Hall–Kier alpha value is -0.720. The Morgan fingerprint density at radius 1 is 1.55 bits per heavy atom. The fourth-order valence-corrected chi connectivity index (χ4v) is 4.06. The lowest BCUT2D eigenvalue weighted by atomic mass is 10.0. The summed E-state index contributed by atoms with van der Waals surface area (Å²) in [6, 6.07) is 2.12. The normalized spacial score (nSPS) is 12.4. The molecule has 0 aromatic carbocycles. The lowest BCUT2D eigenvalue weighted by Crippen LogP contribution is -2.15. The molecular weight excluding hydrogens is 356 g/mol. The second-order valence-electron chi connectivity index (χ2n) is 4.79. The number of hydrogen-bond donors (Lipinski definition) is 0. The fourth-order valence-electron chi connectivity index (χ4n) is 1.90. The van der Waals surface area contributed by atoms with Crippen molar-refractivity contribution < 1.29 is 4.79 Å². The summed E-state index contributed by atoms with van der Waals surface area (Å²) >= 11 is 6.63. The van der Waals surface area contributed by atoms with Crippen molar-refractivity contribution in [1.29, 1.82) is 0 Å². The Morgan fingerprint density at radius 3 is 2.85 bits per heavy atom. The number of carbonyl (C=O) groups is 1. The molecule has 0 radical (unpaired) electrons. The van der Waals surface area contributed by atoms with Gasteiger partial charge in [-0.15, -0.1) is 11.3 Å². The highest BCUT2D eigenvalue weighted by Gasteiger charge is 2.17. The van der Waals surface area contributed by atoms with Gasteiger partial charge in [-0.2, -0.15) is 0 Å². The molecule has 1 atom stereocenters. The molecule has 108 valence electrons. The summed E-state index contributed by atoms with van der Waals surface area (Å²) in [5, 5.41) is 3.04. The van der Waals surface area contributed by atoms with Gasteiger partial charge in [-0.25, -0.2) is 4.98 Å². The molecule has 2 aromatic heterocycles. The van der Waals surface area contributed by atoms with Crippen molar-refractivity contribution in [2.75, 3.05) is 11.9 Å². The highest BCUT2D eigenvalue weighted by Crippen LogP contribution is 2.31. The number of aromatic nitrogens is 1. The summed E-state index contributed by atoms with van der Waals surface area (Å²) in [6.07, 6.45) is 1.92. The molecule has 20 heavy (non-hydrogen) atoms. The summed E-state index contributed by atoms with van der Waals surface area (Å²) < 4.78 is 1.13. The third kappa shape index (κ3) is 3.48. The monoisotopic (exact) mass is 372 g/mol. The van der Waals surface area contributed by atoms with Crippen molar-refractivity contribution >= 4 is 50.0 Å². The van der Waals surface area contributed by atoms with E-state index in [-0.39, 0.29) is 0 Å². The van der Waals surface area contributed by atoms with E-state index in [1.165, 1.54) is 16.9 Å². The van der Waals surface area contributed by atoms with Gasteiger partial charge in [0, 0.05) is 13.6 Å². The minimum absolute atomic E-state index is 0.323. The summed E-state index contributed by atoms with van der Waals surface area (Å²) in [7, 11) is 2.01. The molecular formula is C14H17BrN2OS2. The molecule has 2 rings (SSSR count). The Morgan fingerprint density at radius 2 is 2.30 bits per heavy atom. The van der Waals surface area contributed by atoms with Crippen molar-refractivity contribution in [2.24, 2.45) is 0 Å². The van der Waals surface area contributed by atoms with Gasteiger partial charge in [0.05, 0.1) is 14.4 Å². The van der Waals surface area contributed by atoms with E-state index in [1.54, 1.807) is 11.3 Å². The lowest BCUT2D eigenvalue weighted by molar-refractivity contribution is 0.112. The number of rotatable bonds is 6. The molecule has 3 nitrogen and oxygen atoms in total. The molecule has 0 saturated carbocycles. The van der Waals surface area contributed by atoms with E-state index in [1.807, 2.05) is 7.05 Å². The number of halogens is 1. The second kappa shape index (κ2) is 6.83. The van der Waals surface area contributed by atoms with E-state index in [2.05, 4.69) is 51.1 Å². The van der Waals surface area contributed by atoms with E-state index in [0.717, 1.165) is 38.7 Å². The van der Waals surface area contributed by atoms with Crippen molar-refractivity contribution in [2.45, 2.75) is 32.7 Å². The van der Waals surface area contributed by atoms with Gasteiger partial charge in [-0.3, -0.25) is 4.79 Å². The SMILES string of the molecule is CCC(C)c1nc(N(C)Cc2csc(Br)c2)sc1C=O. The Kier molecular flexibility index (Phi) is 5.35. The zero-order chi connectivity index (χ0) is 14.7. The summed E-state index contributed by atoms with van der Waals surface area (Å²) in [6.45, 7) is 5.03. The summed E-state index contributed by atoms with van der Waals surface area (Å²) in [5.41, 5.74) is 2.18. The first-order valence-electron chi connectivity index (χ1n) is 6.45. The Balaban J connectivity index is 2.19. The number of carbonyl (C=O) groups excluding carboxylic acids is 1. The van der Waals surface area contributed by atoms with Crippen LogP contribution in [-0.4, -0.2) is 18.3 Å². The average molecular weight is 373 g/mol. The van der Waals surface area contributed by atoms with Crippen LogP contribution in [0.2, 0.25) is 0 Å². The van der Waals surface area contributed by atoms with Crippen LogP contribution in [0.4, 0.5) is 5.13 Å². The smallest absolute Gasteiger partial charge is 0.186 e. The Labute approximate surface area is 135 Å². The van der Waals surface area contributed by atoms with Crippen LogP contribution in [-0.2, 0) is 6.54 Å². The quantitative estimate of drug-likeness (QED) is 0.673. The van der Waals surface area contributed by atoms with Crippen LogP contribution in [0.15, 0.2) is 15.2 Å². The van der Waals surface area contributed by atoms with Crippen LogP contribution in [0.1, 0.15) is 47.1 Å². The number of aldehydes is 1. The van der Waals surface area contributed by atoms with Crippen molar-refractivity contribution in [3.05, 3.63) is 31.4 Å². The summed E-state index contributed by atoms with van der Waals surface area (Å²) in [5.74, 6) is 0.323. The van der Waals surface area contributed by atoms with E-state index < -0.39 is 0 Å². The molecule has 2 aromatic rings. The van der Waals surface area contributed by atoms with Crippen molar-refractivity contribution in [3.8, 4) is 0 Å². The van der Waals surface area contributed by atoms with Gasteiger partial charge in [-0.05, 0) is 45.3 Å². The predicted molar refractivity (Wildman–Crippen MR) is 90.3 cm³/mol. The highest BCUT2D eigenvalue weighted by atomic mass is 79.9. The first kappa shape index (κ1) is 15.7. The van der Waals surface area contributed by atoms with Crippen LogP contribution in [0.25, 0.3) is 0 Å². The van der Waals surface area contributed by atoms with Gasteiger partial charge in [0.1, 0.15) is 0 Å². The molecule has 0 spiro atoms. The molecule has 0 aliphatic carbocycles. The average Bonchev–Trinajstić information content (AvgIpc) is 3.04.